The maximum atomic E-state index is 13.0. The van der Waals surface area contributed by atoms with Crippen molar-refractivity contribution in [1.29, 1.82) is 5.26 Å². The molecule has 3 aromatic carbocycles. The summed E-state index contributed by atoms with van der Waals surface area (Å²) in [7, 11) is 1.29. The SMILES string of the molecule is COc1cc(/C=C(\C#N)C(=O)Nc2ccc(C)cc2C)ccc1Oc1ccc(C(F)(F)F)cc1[N+](=O)[O-]. The Balaban J connectivity index is 1.89. The summed E-state index contributed by atoms with van der Waals surface area (Å²) in [5.41, 5.74) is 0.496. The first kappa shape index (κ1) is 26.7. The highest BCUT2D eigenvalue weighted by Crippen LogP contribution is 2.40. The standard InChI is InChI=1S/C26H20F3N3O5/c1-15-4-7-20(16(2)10-15)31-25(33)18(14-30)11-17-5-8-23(24(12-17)36-3)37-22-9-6-19(26(27,28)29)13-21(22)32(34)35/h4-13H,1-3H3,(H,31,33)/b18-11+. The van der Waals surface area contributed by atoms with E-state index < -0.39 is 34.0 Å². The van der Waals surface area contributed by atoms with Crippen LogP contribution < -0.4 is 14.8 Å². The van der Waals surface area contributed by atoms with Gasteiger partial charge in [-0.25, -0.2) is 0 Å². The average Bonchev–Trinajstić information content (AvgIpc) is 2.84. The maximum absolute atomic E-state index is 13.0. The van der Waals surface area contributed by atoms with Gasteiger partial charge >= 0.3 is 11.9 Å². The van der Waals surface area contributed by atoms with E-state index in [-0.39, 0.29) is 17.1 Å². The van der Waals surface area contributed by atoms with E-state index in [1.807, 2.05) is 32.0 Å². The number of rotatable bonds is 7. The van der Waals surface area contributed by atoms with Gasteiger partial charge < -0.3 is 14.8 Å². The number of methoxy groups -OCH3 is 1. The number of aryl methyl sites for hydroxylation is 2. The minimum Gasteiger partial charge on any atom is -0.493 e. The van der Waals surface area contributed by atoms with E-state index in [0.717, 1.165) is 17.2 Å². The van der Waals surface area contributed by atoms with Gasteiger partial charge in [0.1, 0.15) is 11.6 Å². The molecule has 0 saturated heterocycles. The lowest BCUT2D eigenvalue weighted by molar-refractivity contribution is -0.385. The zero-order valence-corrected chi connectivity index (χ0v) is 19.8. The van der Waals surface area contributed by atoms with E-state index in [0.29, 0.717) is 23.4 Å². The zero-order chi connectivity index (χ0) is 27.3. The molecule has 0 spiro atoms. The van der Waals surface area contributed by atoms with Crippen LogP contribution >= 0.6 is 0 Å². The van der Waals surface area contributed by atoms with E-state index in [1.165, 1.54) is 31.4 Å². The molecule has 0 fully saturated rings. The summed E-state index contributed by atoms with van der Waals surface area (Å²) in [5, 5.41) is 23.5. The van der Waals surface area contributed by atoms with E-state index in [2.05, 4.69) is 5.32 Å². The third kappa shape index (κ3) is 6.43. The first-order valence-electron chi connectivity index (χ1n) is 10.6. The first-order chi connectivity index (χ1) is 17.4. The summed E-state index contributed by atoms with van der Waals surface area (Å²) in [4.78, 5) is 23.0. The highest BCUT2D eigenvalue weighted by molar-refractivity contribution is 6.10. The highest BCUT2D eigenvalue weighted by Gasteiger charge is 2.33. The van der Waals surface area contributed by atoms with E-state index in [1.54, 1.807) is 6.07 Å². The molecule has 0 aromatic heterocycles. The molecule has 0 unspecified atom stereocenters. The van der Waals surface area contributed by atoms with Gasteiger partial charge in [0.15, 0.2) is 11.5 Å². The van der Waals surface area contributed by atoms with Crippen LogP contribution in [0.15, 0.2) is 60.2 Å². The first-order valence-corrected chi connectivity index (χ1v) is 10.6. The second-order valence-corrected chi connectivity index (χ2v) is 7.89. The van der Waals surface area contributed by atoms with Crippen molar-refractivity contribution in [3.8, 4) is 23.3 Å². The molecular weight excluding hydrogens is 491 g/mol. The number of nitriles is 1. The molecular formula is C26H20F3N3O5. The number of alkyl halides is 3. The fourth-order valence-corrected chi connectivity index (χ4v) is 3.36. The molecule has 1 amide bonds. The normalized spacial score (nSPS) is 11.4. The van der Waals surface area contributed by atoms with E-state index in [9.17, 15) is 33.3 Å². The number of carbonyl (C=O) groups is 1. The summed E-state index contributed by atoms with van der Waals surface area (Å²) in [6.45, 7) is 3.73. The van der Waals surface area contributed by atoms with Crippen molar-refractivity contribution in [3.05, 3.63) is 92.5 Å². The van der Waals surface area contributed by atoms with Gasteiger partial charge in [-0.1, -0.05) is 23.8 Å². The largest absolute Gasteiger partial charge is 0.493 e. The third-order valence-electron chi connectivity index (χ3n) is 5.20. The van der Waals surface area contributed by atoms with Gasteiger partial charge in [0.05, 0.1) is 17.6 Å². The molecule has 190 valence electrons. The molecule has 3 aromatic rings. The third-order valence-corrected chi connectivity index (χ3v) is 5.20. The van der Waals surface area contributed by atoms with Gasteiger partial charge in [-0.3, -0.25) is 14.9 Å². The molecule has 0 aliphatic rings. The molecule has 3 rings (SSSR count). The molecule has 8 nitrogen and oxygen atoms in total. The summed E-state index contributed by atoms with van der Waals surface area (Å²) >= 11 is 0. The minimum absolute atomic E-state index is 0.0271. The number of hydrogen-bond donors (Lipinski definition) is 1. The Kier molecular flexibility index (Phi) is 7.82. The monoisotopic (exact) mass is 511 g/mol. The van der Waals surface area contributed by atoms with Gasteiger partial charge in [-0.2, -0.15) is 18.4 Å². The molecule has 0 radical (unpaired) electrons. The van der Waals surface area contributed by atoms with E-state index in [4.69, 9.17) is 9.47 Å². The average molecular weight is 511 g/mol. The van der Waals surface area contributed by atoms with Crippen molar-refractivity contribution in [2.75, 3.05) is 12.4 Å². The smallest absolute Gasteiger partial charge is 0.416 e. The predicted molar refractivity (Wildman–Crippen MR) is 129 cm³/mol. The number of anilines is 1. The second kappa shape index (κ2) is 10.8. The van der Waals surface area contributed by atoms with Gasteiger partial charge in [-0.15, -0.1) is 0 Å². The number of nitrogens with one attached hydrogen (secondary N) is 1. The topological polar surface area (TPSA) is 114 Å². The van der Waals surface area contributed by atoms with Crippen LogP contribution in [0.1, 0.15) is 22.3 Å². The number of nitro groups is 1. The number of carbonyl (C=O) groups excluding carboxylic acids is 1. The Morgan fingerprint density at radius 2 is 1.76 bits per heavy atom. The van der Waals surface area contributed by atoms with Gasteiger partial charge in [-0.05, 0) is 61.4 Å². The number of halogens is 3. The van der Waals surface area contributed by atoms with Crippen LogP contribution in [0.3, 0.4) is 0 Å². The Labute approximate surface area is 209 Å². The van der Waals surface area contributed by atoms with Gasteiger partial charge in [0, 0.05) is 11.8 Å². The van der Waals surface area contributed by atoms with Crippen molar-refractivity contribution in [3.63, 3.8) is 0 Å². The summed E-state index contributed by atoms with van der Waals surface area (Å²) < 4.78 is 49.6. The summed E-state index contributed by atoms with van der Waals surface area (Å²) in [5.74, 6) is -1.02. The molecule has 0 heterocycles. The molecule has 0 saturated carbocycles. The Morgan fingerprint density at radius 3 is 2.35 bits per heavy atom. The quantitative estimate of drug-likeness (QED) is 0.166. The minimum atomic E-state index is -4.77. The Bertz CT molecular complexity index is 1440. The number of benzene rings is 3. The van der Waals surface area contributed by atoms with Crippen LogP contribution in [0.5, 0.6) is 17.2 Å². The molecule has 0 atom stereocenters. The second-order valence-electron chi connectivity index (χ2n) is 7.89. The van der Waals surface area contributed by atoms with Crippen molar-refractivity contribution in [2.24, 2.45) is 0 Å². The molecule has 37 heavy (non-hydrogen) atoms. The summed E-state index contributed by atoms with van der Waals surface area (Å²) in [6.07, 6.45) is -3.45. The zero-order valence-electron chi connectivity index (χ0n) is 19.8. The number of hydrogen-bond acceptors (Lipinski definition) is 6. The van der Waals surface area contributed by atoms with Crippen molar-refractivity contribution in [2.45, 2.75) is 20.0 Å². The van der Waals surface area contributed by atoms with Crippen molar-refractivity contribution in [1.82, 2.24) is 0 Å². The van der Waals surface area contributed by atoms with Crippen molar-refractivity contribution < 1.29 is 32.4 Å². The summed E-state index contributed by atoms with van der Waals surface area (Å²) in [6, 6.07) is 13.4. The molecule has 0 aliphatic heterocycles. The predicted octanol–water partition coefficient (Wildman–Crippen LogP) is 6.58. The fraction of sp³-hybridized carbons (Fsp3) is 0.154. The van der Waals surface area contributed by atoms with Crippen LogP contribution in [-0.4, -0.2) is 17.9 Å². The van der Waals surface area contributed by atoms with Gasteiger partial charge in [0.25, 0.3) is 5.91 Å². The van der Waals surface area contributed by atoms with Crippen LogP contribution in [0, 0.1) is 35.3 Å². The maximum Gasteiger partial charge on any atom is 0.416 e. The lowest BCUT2D eigenvalue weighted by Crippen LogP contribution is -2.14. The molecule has 1 N–H and O–H groups in total. The number of nitrogens with zero attached hydrogens (tertiary/aromatic N) is 2. The highest BCUT2D eigenvalue weighted by atomic mass is 19.4. The molecule has 0 bridgehead atoms. The Hall–Kier alpha value is -4.85. The van der Waals surface area contributed by atoms with Crippen LogP contribution in [0.25, 0.3) is 6.08 Å². The van der Waals surface area contributed by atoms with Crippen LogP contribution in [-0.2, 0) is 11.0 Å². The fourth-order valence-electron chi connectivity index (χ4n) is 3.36. The number of nitro benzene ring substituents is 1. The van der Waals surface area contributed by atoms with Crippen molar-refractivity contribution >= 4 is 23.4 Å². The van der Waals surface area contributed by atoms with Crippen LogP contribution in [0.4, 0.5) is 24.5 Å². The Morgan fingerprint density at radius 1 is 1.05 bits per heavy atom. The number of amides is 1. The lowest BCUT2D eigenvalue weighted by Gasteiger charge is -2.13. The van der Waals surface area contributed by atoms with Crippen LogP contribution in [0.2, 0.25) is 0 Å². The lowest BCUT2D eigenvalue weighted by atomic mass is 10.1. The number of ether oxygens (including phenoxy) is 2. The molecule has 0 aliphatic carbocycles. The van der Waals surface area contributed by atoms with Gasteiger partial charge in [0.2, 0.25) is 5.75 Å². The molecule has 11 heteroatoms. The van der Waals surface area contributed by atoms with E-state index >= 15 is 0 Å².